The van der Waals surface area contributed by atoms with Crippen molar-refractivity contribution >= 4 is 17.5 Å². The Morgan fingerprint density at radius 2 is 1.97 bits per heavy atom. The highest BCUT2D eigenvalue weighted by atomic mass is 35.5. The van der Waals surface area contributed by atoms with Gasteiger partial charge in [-0.05, 0) is 36.6 Å². The predicted octanol–water partition coefficient (Wildman–Crippen LogP) is 4.33. The summed E-state index contributed by atoms with van der Waals surface area (Å²) < 4.78 is 48.1. The van der Waals surface area contributed by atoms with Crippen LogP contribution in [0.1, 0.15) is 30.0 Å². The zero-order chi connectivity index (χ0) is 26.5. The number of ether oxygens (including phenoxy) is 1. The summed E-state index contributed by atoms with van der Waals surface area (Å²) >= 11 is 5.81. The summed E-state index contributed by atoms with van der Waals surface area (Å²) in [6.45, 7) is 1.07. The molecule has 5 rings (SSSR count). The van der Waals surface area contributed by atoms with Crippen molar-refractivity contribution in [1.82, 2.24) is 24.3 Å². The molecule has 0 aliphatic carbocycles. The number of pyridine rings is 1. The molecule has 8 nitrogen and oxygen atoms in total. The van der Waals surface area contributed by atoms with Crippen molar-refractivity contribution in [2.45, 2.75) is 25.1 Å². The Kier molecular flexibility index (Phi) is 8.24. The zero-order valence-corrected chi connectivity index (χ0v) is 20.6. The molecule has 1 aliphatic heterocycles. The molecule has 0 radical (unpaired) electrons. The number of aryl methyl sites for hydroxylation is 1. The summed E-state index contributed by atoms with van der Waals surface area (Å²) in [5.41, 5.74) is 6.40. The van der Waals surface area contributed by atoms with E-state index in [9.17, 15) is 18.0 Å². The van der Waals surface area contributed by atoms with Crippen LogP contribution < -0.4 is 11.3 Å². The Hall–Kier alpha value is -3.70. The fourth-order valence-corrected chi connectivity index (χ4v) is 4.03. The first-order valence-electron chi connectivity index (χ1n) is 11.4. The number of nitrogens with zero attached hydrogens (tertiary/aromatic N) is 5. The fourth-order valence-electron chi connectivity index (χ4n) is 3.91. The van der Waals surface area contributed by atoms with E-state index in [2.05, 4.69) is 15.1 Å². The van der Waals surface area contributed by atoms with E-state index in [1.165, 1.54) is 35.0 Å². The van der Waals surface area contributed by atoms with Gasteiger partial charge in [0.15, 0.2) is 5.82 Å². The molecule has 2 N–H and O–H groups in total. The highest BCUT2D eigenvalue weighted by Crippen LogP contribution is 2.29. The minimum absolute atomic E-state index is 0.0248. The lowest BCUT2D eigenvalue weighted by molar-refractivity contribution is 0.0366. The van der Waals surface area contributed by atoms with E-state index < -0.39 is 29.4 Å². The number of nitrogen functional groups attached to an aromatic ring is 1. The molecular weight excluding hydrogens is 509 g/mol. The molecule has 2 atom stereocenters. The molecule has 0 spiro atoms. The third kappa shape index (κ3) is 6.36. The monoisotopic (exact) mass is 532 g/mol. The van der Waals surface area contributed by atoms with Crippen LogP contribution in [0.25, 0.3) is 11.3 Å². The van der Waals surface area contributed by atoms with Crippen molar-refractivity contribution in [3.63, 3.8) is 0 Å². The quantitative estimate of drug-likeness (QED) is 0.420. The molecule has 1 aliphatic rings. The van der Waals surface area contributed by atoms with Crippen LogP contribution in [0.2, 0.25) is 5.02 Å². The average molecular weight is 533 g/mol. The fraction of sp³-hybridized carbons (Fsp3) is 0.280. The van der Waals surface area contributed by atoms with Gasteiger partial charge in [-0.2, -0.15) is 5.10 Å². The lowest BCUT2D eigenvalue weighted by Crippen LogP contribution is -2.25. The minimum atomic E-state index is -0.704. The van der Waals surface area contributed by atoms with Crippen LogP contribution >= 0.6 is 11.6 Å². The second-order valence-corrected chi connectivity index (χ2v) is 8.83. The molecule has 1 aromatic carbocycles. The van der Waals surface area contributed by atoms with Gasteiger partial charge in [0.25, 0.3) is 5.56 Å². The second kappa shape index (κ2) is 11.6. The molecule has 12 heteroatoms. The Balaban J connectivity index is 0.000000396. The summed E-state index contributed by atoms with van der Waals surface area (Å²) in [4.78, 5) is 20.4. The molecule has 0 amide bonds. The summed E-state index contributed by atoms with van der Waals surface area (Å²) in [7, 11) is 1.73. The number of aromatic nitrogens is 5. The summed E-state index contributed by atoms with van der Waals surface area (Å²) in [6.07, 6.45) is 6.64. The topological polar surface area (TPSA) is 101 Å². The average Bonchev–Trinajstić information content (AvgIpc) is 3.30. The molecule has 4 aromatic rings. The van der Waals surface area contributed by atoms with E-state index in [4.69, 9.17) is 22.1 Å². The van der Waals surface area contributed by atoms with Gasteiger partial charge in [-0.15, -0.1) is 0 Å². The van der Waals surface area contributed by atoms with Crippen molar-refractivity contribution in [3.8, 4) is 11.3 Å². The van der Waals surface area contributed by atoms with E-state index in [-0.39, 0.29) is 22.2 Å². The van der Waals surface area contributed by atoms with Crippen molar-refractivity contribution in [2.24, 2.45) is 7.05 Å². The maximum atomic E-state index is 14.1. The van der Waals surface area contributed by atoms with Gasteiger partial charge in [0, 0.05) is 43.2 Å². The van der Waals surface area contributed by atoms with E-state index in [0.29, 0.717) is 24.2 Å². The van der Waals surface area contributed by atoms with Gasteiger partial charge in [0.1, 0.15) is 17.7 Å². The zero-order valence-electron chi connectivity index (χ0n) is 19.8. The van der Waals surface area contributed by atoms with E-state index in [1.54, 1.807) is 30.2 Å². The lowest BCUT2D eigenvalue weighted by Gasteiger charge is -2.20. The lowest BCUT2D eigenvalue weighted by atomic mass is 10.0. The SMILES string of the molecule is Cn1cc(C(c2ccc(Cl)c(F)c2)n2ccc(-c3nc(N)ncc3F)cc2=O)cn1.FC1CCCOC1. The number of halogens is 4. The largest absolute Gasteiger partial charge is 0.378 e. The Morgan fingerprint density at radius 3 is 2.57 bits per heavy atom. The summed E-state index contributed by atoms with van der Waals surface area (Å²) in [5, 5.41) is 4.12. The molecule has 2 unspecified atom stereocenters. The minimum Gasteiger partial charge on any atom is -0.378 e. The number of benzene rings is 1. The first kappa shape index (κ1) is 26.4. The highest BCUT2D eigenvalue weighted by molar-refractivity contribution is 6.30. The van der Waals surface area contributed by atoms with Crippen LogP contribution in [0.4, 0.5) is 19.1 Å². The Bertz CT molecular complexity index is 1440. The summed E-state index contributed by atoms with van der Waals surface area (Å²) in [6, 6.07) is 6.42. The van der Waals surface area contributed by atoms with E-state index in [0.717, 1.165) is 19.2 Å². The number of hydrogen-bond acceptors (Lipinski definition) is 6. The van der Waals surface area contributed by atoms with Crippen LogP contribution in [0.15, 0.2) is 59.9 Å². The van der Waals surface area contributed by atoms with Gasteiger partial charge >= 0.3 is 0 Å². The molecule has 0 bridgehead atoms. The molecule has 1 saturated heterocycles. The molecule has 194 valence electrons. The van der Waals surface area contributed by atoms with Crippen molar-refractivity contribution in [1.29, 1.82) is 0 Å². The van der Waals surface area contributed by atoms with Crippen molar-refractivity contribution in [2.75, 3.05) is 18.9 Å². The maximum Gasteiger partial charge on any atom is 0.252 e. The number of anilines is 1. The second-order valence-electron chi connectivity index (χ2n) is 8.42. The first-order chi connectivity index (χ1) is 17.7. The number of rotatable bonds is 4. The molecule has 1 fully saturated rings. The van der Waals surface area contributed by atoms with Gasteiger partial charge in [-0.1, -0.05) is 17.7 Å². The van der Waals surface area contributed by atoms with Crippen LogP contribution in [-0.4, -0.2) is 43.7 Å². The number of hydrogen-bond donors (Lipinski definition) is 1. The van der Waals surface area contributed by atoms with Crippen LogP contribution in [0, 0.1) is 11.6 Å². The van der Waals surface area contributed by atoms with Crippen LogP contribution in [0.3, 0.4) is 0 Å². The molecule has 37 heavy (non-hydrogen) atoms. The third-order valence-corrected chi connectivity index (χ3v) is 5.97. The number of alkyl halides is 1. The standard InChI is InChI=1S/C20H15ClF2N6O.C5H9FO/c1-28-10-13(8-26-28)19(12-2-3-14(21)15(22)6-12)29-5-4-11(7-17(29)30)18-16(23)9-25-20(24)27-18;6-5-2-1-3-7-4-5/h2-10,19H,1H3,(H2,24,25,27);5H,1-4H2. The van der Waals surface area contributed by atoms with Crippen LogP contribution in [-0.2, 0) is 11.8 Å². The highest BCUT2D eigenvalue weighted by Gasteiger charge is 2.21. The maximum absolute atomic E-state index is 14.1. The van der Waals surface area contributed by atoms with Crippen molar-refractivity contribution in [3.05, 3.63) is 93.3 Å². The van der Waals surface area contributed by atoms with Gasteiger partial charge in [0.05, 0.1) is 30.1 Å². The van der Waals surface area contributed by atoms with Crippen LogP contribution in [0.5, 0.6) is 0 Å². The van der Waals surface area contributed by atoms with E-state index >= 15 is 0 Å². The van der Waals surface area contributed by atoms with Gasteiger partial charge < -0.3 is 15.0 Å². The predicted molar refractivity (Wildman–Crippen MR) is 133 cm³/mol. The van der Waals surface area contributed by atoms with Gasteiger partial charge in [-0.25, -0.2) is 23.1 Å². The van der Waals surface area contributed by atoms with Crippen molar-refractivity contribution < 1.29 is 17.9 Å². The number of nitrogens with two attached hydrogens (primary N) is 1. The molecule has 4 heterocycles. The molecular formula is C25H24ClF3N6O2. The Labute approximate surface area is 215 Å². The van der Waals surface area contributed by atoms with E-state index in [1.807, 2.05) is 0 Å². The summed E-state index contributed by atoms with van der Waals surface area (Å²) in [5.74, 6) is -1.42. The molecule has 3 aromatic heterocycles. The third-order valence-electron chi connectivity index (χ3n) is 5.67. The normalized spacial score (nSPS) is 16.1. The van der Waals surface area contributed by atoms with Gasteiger partial charge in [0.2, 0.25) is 5.95 Å². The smallest absolute Gasteiger partial charge is 0.252 e. The molecule has 0 saturated carbocycles. The Morgan fingerprint density at radius 1 is 1.16 bits per heavy atom. The first-order valence-corrected chi connectivity index (χ1v) is 11.8. The van der Waals surface area contributed by atoms with Gasteiger partial charge in [-0.3, -0.25) is 9.48 Å².